The fraction of sp³-hybridized carbons (Fsp3) is 0.200. The van der Waals surface area contributed by atoms with Gasteiger partial charge in [0, 0.05) is 22.3 Å². The molecular formula is C20H15Cl2N2O3-. The van der Waals surface area contributed by atoms with Crippen molar-refractivity contribution in [1.82, 2.24) is 0 Å². The lowest BCUT2D eigenvalue weighted by atomic mass is 9.79. The standard InChI is InChI=1S/C20H16Cl2N2O3/c21-10-4-6-14(16(22)8-10)19(25)23-11-5-7-17-15(9-11)12-2-1-3-13(12)18(24-17)20(26)27/h1-2,4-9,12-13,18,24H,3H2,(H,23,25)(H,26,27)/p-1/t12-,13+,18+/m1/s1. The summed E-state index contributed by atoms with van der Waals surface area (Å²) in [5.74, 6) is -1.57. The van der Waals surface area contributed by atoms with E-state index in [0.29, 0.717) is 22.7 Å². The third kappa shape index (κ3) is 3.29. The number of hydrogen-bond donors (Lipinski definition) is 2. The summed E-state index contributed by atoms with van der Waals surface area (Å²) in [6.07, 6.45) is 4.68. The molecule has 0 radical (unpaired) electrons. The molecule has 0 bridgehead atoms. The smallest absolute Gasteiger partial charge is 0.257 e. The van der Waals surface area contributed by atoms with E-state index in [1.165, 1.54) is 6.07 Å². The maximum atomic E-state index is 12.5. The Bertz CT molecular complexity index is 974. The molecule has 0 spiro atoms. The molecule has 138 valence electrons. The van der Waals surface area contributed by atoms with Crippen LogP contribution in [0.1, 0.15) is 28.3 Å². The summed E-state index contributed by atoms with van der Waals surface area (Å²) in [6.45, 7) is 0. The number of aliphatic carboxylic acids is 1. The van der Waals surface area contributed by atoms with Crippen LogP contribution in [0.15, 0.2) is 48.6 Å². The maximum Gasteiger partial charge on any atom is 0.257 e. The fourth-order valence-electron chi connectivity index (χ4n) is 3.78. The van der Waals surface area contributed by atoms with Gasteiger partial charge >= 0.3 is 0 Å². The molecule has 0 aromatic heterocycles. The second kappa shape index (κ2) is 6.91. The Kier molecular flexibility index (Phi) is 4.58. The zero-order valence-electron chi connectivity index (χ0n) is 14.0. The highest BCUT2D eigenvalue weighted by atomic mass is 35.5. The molecule has 27 heavy (non-hydrogen) atoms. The molecule has 0 fully saturated rings. The summed E-state index contributed by atoms with van der Waals surface area (Å²) >= 11 is 12.0. The van der Waals surface area contributed by atoms with E-state index in [2.05, 4.69) is 10.6 Å². The van der Waals surface area contributed by atoms with Crippen LogP contribution in [0.5, 0.6) is 0 Å². The SMILES string of the molecule is O=C(Nc1ccc2c(c1)[C@@H]1C=CC[C@@H]1[C@@H](C(=O)[O-])N2)c1ccc(Cl)cc1Cl. The minimum atomic E-state index is -1.10. The van der Waals surface area contributed by atoms with Crippen molar-refractivity contribution < 1.29 is 14.7 Å². The van der Waals surface area contributed by atoms with Crippen molar-refractivity contribution in [3.63, 3.8) is 0 Å². The first-order valence-electron chi connectivity index (χ1n) is 8.48. The van der Waals surface area contributed by atoms with Gasteiger partial charge in [0.15, 0.2) is 0 Å². The van der Waals surface area contributed by atoms with Gasteiger partial charge in [-0.1, -0.05) is 35.4 Å². The number of benzene rings is 2. The summed E-state index contributed by atoms with van der Waals surface area (Å²) in [6, 6.07) is 9.32. The molecule has 1 aliphatic heterocycles. The van der Waals surface area contributed by atoms with Crippen molar-refractivity contribution in [2.24, 2.45) is 5.92 Å². The van der Waals surface area contributed by atoms with Gasteiger partial charge in [0.1, 0.15) is 0 Å². The van der Waals surface area contributed by atoms with Crippen LogP contribution in [0.25, 0.3) is 0 Å². The zero-order chi connectivity index (χ0) is 19.1. The normalized spacial score (nSPS) is 22.5. The van der Waals surface area contributed by atoms with Gasteiger partial charge in [-0.05, 0) is 54.3 Å². The Labute approximate surface area is 166 Å². The average Bonchev–Trinajstić information content (AvgIpc) is 3.10. The summed E-state index contributed by atoms with van der Waals surface area (Å²) < 4.78 is 0. The highest BCUT2D eigenvalue weighted by Gasteiger charge is 2.37. The van der Waals surface area contributed by atoms with Gasteiger partial charge in [-0.3, -0.25) is 4.79 Å². The van der Waals surface area contributed by atoms with Crippen LogP contribution in [-0.4, -0.2) is 17.9 Å². The number of allylic oxidation sites excluding steroid dienone is 2. The minimum absolute atomic E-state index is 0.0277. The van der Waals surface area contributed by atoms with E-state index in [1.807, 2.05) is 18.2 Å². The van der Waals surface area contributed by atoms with E-state index >= 15 is 0 Å². The zero-order valence-corrected chi connectivity index (χ0v) is 15.6. The summed E-state index contributed by atoms with van der Waals surface area (Å²) in [5, 5.41) is 18.1. The Balaban J connectivity index is 1.62. The summed E-state index contributed by atoms with van der Waals surface area (Å²) in [5.41, 5.74) is 2.62. The van der Waals surface area contributed by atoms with Gasteiger partial charge in [-0.25, -0.2) is 0 Å². The van der Waals surface area contributed by atoms with E-state index in [4.69, 9.17) is 23.2 Å². The Morgan fingerprint density at radius 2 is 1.96 bits per heavy atom. The number of carboxylic acids is 1. The number of hydrogen-bond acceptors (Lipinski definition) is 4. The third-order valence-corrected chi connectivity index (χ3v) is 5.60. The third-order valence-electron chi connectivity index (χ3n) is 5.05. The van der Waals surface area contributed by atoms with Crippen molar-refractivity contribution in [3.8, 4) is 0 Å². The Morgan fingerprint density at radius 3 is 2.70 bits per heavy atom. The Hall–Kier alpha value is -2.50. The second-order valence-electron chi connectivity index (χ2n) is 6.67. The predicted octanol–water partition coefficient (Wildman–Crippen LogP) is 3.45. The van der Waals surface area contributed by atoms with Gasteiger partial charge in [0.2, 0.25) is 0 Å². The molecule has 2 aliphatic rings. The molecule has 1 heterocycles. The quantitative estimate of drug-likeness (QED) is 0.771. The molecule has 1 amide bonds. The highest BCUT2D eigenvalue weighted by molar-refractivity contribution is 6.37. The van der Waals surface area contributed by atoms with Crippen LogP contribution >= 0.6 is 23.2 Å². The molecule has 0 saturated carbocycles. The largest absolute Gasteiger partial charge is 0.548 e. The average molecular weight is 402 g/mol. The molecule has 2 aromatic rings. The second-order valence-corrected chi connectivity index (χ2v) is 7.52. The van der Waals surface area contributed by atoms with E-state index < -0.39 is 12.0 Å². The number of fused-ring (bicyclic) bond motifs is 3. The number of rotatable bonds is 3. The van der Waals surface area contributed by atoms with Crippen molar-refractivity contribution >= 4 is 46.5 Å². The van der Waals surface area contributed by atoms with Crippen LogP contribution in [0.3, 0.4) is 0 Å². The number of nitrogens with one attached hydrogen (secondary N) is 2. The number of carbonyl (C=O) groups excluding carboxylic acids is 2. The molecule has 0 saturated heterocycles. The lowest BCUT2D eigenvalue weighted by Crippen LogP contribution is -2.48. The fourth-order valence-corrected chi connectivity index (χ4v) is 4.27. The van der Waals surface area contributed by atoms with Gasteiger partial charge in [-0.2, -0.15) is 0 Å². The molecule has 4 rings (SSSR count). The molecule has 3 atom stereocenters. The van der Waals surface area contributed by atoms with Gasteiger partial charge in [-0.15, -0.1) is 0 Å². The first kappa shape index (κ1) is 17.9. The van der Waals surface area contributed by atoms with Gasteiger partial charge < -0.3 is 20.5 Å². The first-order valence-corrected chi connectivity index (χ1v) is 9.24. The topological polar surface area (TPSA) is 81.3 Å². The Morgan fingerprint density at radius 1 is 1.15 bits per heavy atom. The molecule has 2 aromatic carbocycles. The first-order chi connectivity index (χ1) is 12.9. The number of amides is 1. The number of halogens is 2. The van der Waals surface area contributed by atoms with Crippen LogP contribution in [0.2, 0.25) is 10.0 Å². The van der Waals surface area contributed by atoms with E-state index in [9.17, 15) is 14.7 Å². The van der Waals surface area contributed by atoms with E-state index in [0.717, 1.165) is 11.3 Å². The summed E-state index contributed by atoms with van der Waals surface area (Å²) in [7, 11) is 0. The van der Waals surface area contributed by atoms with Crippen molar-refractivity contribution in [3.05, 3.63) is 69.7 Å². The lowest BCUT2D eigenvalue weighted by Gasteiger charge is -2.37. The summed E-state index contributed by atoms with van der Waals surface area (Å²) in [4.78, 5) is 24.0. The molecule has 7 heteroatoms. The van der Waals surface area contributed by atoms with Gasteiger partial charge in [0.25, 0.3) is 5.91 Å². The minimum Gasteiger partial charge on any atom is -0.548 e. The molecular weight excluding hydrogens is 387 g/mol. The van der Waals surface area contributed by atoms with E-state index in [1.54, 1.807) is 24.3 Å². The van der Waals surface area contributed by atoms with Crippen LogP contribution < -0.4 is 15.7 Å². The predicted molar refractivity (Wildman–Crippen MR) is 103 cm³/mol. The molecule has 0 unspecified atom stereocenters. The number of carboxylic acid groups (broad SMARTS) is 1. The lowest BCUT2D eigenvalue weighted by molar-refractivity contribution is -0.308. The highest BCUT2D eigenvalue weighted by Crippen LogP contribution is 2.45. The van der Waals surface area contributed by atoms with E-state index in [-0.39, 0.29) is 22.8 Å². The molecule has 1 aliphatic carbocycles. The van der Waals surface area contributed by atoms with Crippen LogP contribution in [0.4, 0.5) is 11.4 Å². The monoisotopic (exact) mass is 401 g/mol. The van der Waals surface area contributed by atoms with Crippen LogP contribution in [0, 0.1) is 5.92 Å². The van der Waals surface area contributed by atoms with Crippen molar-refractivity contribution in [2.75, 3.05) is 10.6 Å². The van der Waals surface area contributed by atoms with Crippen molar-refractivity contribution in [1.29, 1.82) is 0 Å². The maximum absolute atomic E-state index is 12.5. The van der Waals surface area contributed by atoms with Crippen LogP contribution in [-0.2, 0) is 4.79 Å². The molecule has 5 nitrogen and oxygen atoms in total. The van der Waals surface area contributed by atoms with Crippen molar-refractivity contribution in [2.45, 2.75) is 18.4 Å². The van der Waals surface area contributed by atoms with Gasteiger partial charge in [0.05, 0.1) is 22.6 Å². The number of anilines is 2. The molecule has 2 N–H and O–H groups in total. The number of carbonyl (C=O) groups is 2.